The summed E-state index contributed by atoms with van der Waals surface area (Å²) in [6, 6.07) is 114. The lowest BCUT2D eigenvalue weighted by Gasteiger charge is -2.10. The summed E-state index contributed by atoms with van der Waals surface area (Å²) in [4.78, 5) is 54.6. The first-order chi connectivity index (χ1) is 55.4. The van der Waals surface area contributed by atoms with E-state index in [1.807, 2.05) is 116 Å². The number of benzene rings is 14. The molecule has 0 saturated heterocycles. The lowest BCUT2D eigenvalue weighted by Crippen LogP contribution is -2.00. The zero-order chi connectivity index (χ0) is 74.0. The van der Waals surface area contributed by atoms with Gasteiger partial charge in [0, 0.05) is 96.6 Å². The van der Waals surface area contributed by atoms with E-state index < -0.39 is 0 Å². The highest BCUT2D eigenvalue weighted by Gasteiger charge is 2.24. The van der Waals surface area contributed by atoms with Gasteiger partial charge in [-0.25, -0.2) is 44.9 Å². The van der Waals surface area contributed by atoms with E-state index in [0.717, 1.165) is 171 Å². The van der Waals surface area contributed by atoms with Crippen LogP contribution in [0.15, 0.2) is 367 Å². The van der Waals surface area contributed by atoms with Gasteiger partial charge >= 0.3 is 0 Å². The molecule has 112 heavy (non-hydrogen) atoms. The predicted molar refractivity (Wildman–Crippen MR) is 451 cm³/mol. The van der Waals surface area contributed by atoms with Crippen LogP contribution in [0.2, 0.25) is 0 Å². The van der Waals surface area contributed by atoms with Crippen LogP contribution in [0, 0.1) is 0 Å². The molecule has 0 aliphatic heterocycles. The zero-order valence-electron chi connectivity index (χ0n) is 59.8. The van der Waals surface area contributed by atoms with Gasteiger partial charge in [0.15, 0.2) is 46.1 Å². The first-order valence-corrected chi connectivity index (χ1v) is 37.0. The number of hydrogen-bond donors (Lipinski definition) is 0. The molecule has 522 valence electrons. The number of hydrogen-bond acceptors (Lipinski definition) is 13. The standard InChI is InChI=1S/C53H31N5O.C46H28N6O/c1-4-13-38-29-41(24-17-32(38)9-1)46-49-47(45-28-27-35-12-7-8-16-44(35)48(45)59-49)55-50(54-46)36-20-22-37(23-21-36)51-56-52(42-25-18-33-10-2-5-14-39(33)30-42)58-53(57-51)43-26-19-34-11-3-6-15-40(34)31-43;1-2-9-29(10-3-1)32-13-6-14-35(23-32)42-44-43(38-24-33-11-4-5-12-34(33)25-41(38)53-44)52-46(51-42)31-19-17-30(18-20-31)45-49-39(36-15-7-21-47-27-36)26-40(50-45)37-16-8-22-48-28-37/h1-31H;1-28H. The summed E-state index contributed by atoms with van der Waals surface area (Å²) in [6.07, 6.45) is 7.13. The molecule has 0 bridgehead atoms. The molecule has 8 heterocycles. The zero-order valence-corrected chi connectivity index (χ0v) is 59.8. The van der Waals surface area contributed by atoms with Gasteiger partial charge in [0.25, 0.3) is 0 Å². The van der Waals surface area contributed by atoms with Crippen LogP contribution >= 0.6 is 0 Å². The Hall–Kier alpha value is -15.5. The average molecular weight is 1430 g/mol. The number of nitrogens with zero attached hydrogens (tertiary/aromatic N) is 11. The Balaban J connectivity index is 0.000000142. The number of furan rings is 2. The normalized spacial score (nSPS) is 11.6. The SMILES string of the molecule is c1ccc(-c2cccc(-c3nc(-c4ccc(-c5nc(-c6cccnc6)cc(-c6cccnc6)n5)cc4)nc4c3oc3cc5ccccc5cc34)c2)cc1.c1ccc2cc(-c3nc(-c4ccc(-c5nc(-c6ccc7ccccc7c6)c6oc7c8ccccc8ccc7c6n5)cc4)nc(-c4ccc5ccccc5c4)n3)ccc2c1. The van der Waals surface area contributed by atoms with Crippen LogP contribution in [-0.2, 0) is 0 Å². The molecular formula is C99H59N11O2. The maximum Gasteiger partial charge on any atom is 0.180 e. The molecule has 0 amide bonds. The summed E-state index contributed by atoms with van der Waals surface area (Å²) in [5.41, 5.74) is 18.8. The Bertz CT molecular complexity index is 7290. The molecule has 0 spiro atoms. The lowest BCUT2D eigenvalue weighted by atomic mass is 10.0. The van der Waals surface area contributed by atoms with E-state index >= 15 is 0 Å². The van der Waals surface area contributed by atoms with Crippen LogP contribution in [0.4, 0.5) is 0 Å². The van der Waals surface area contributed by atoms with Gasteiger partial charge in [-0.3, -0.25) is 9.97 Å². The van der Waals surface area contributed by atoms with E-state index in [0.29, 0.717) is 46.1 Å². The summed E-state index contributed by atoms with van der Waals surface area (Å²) >= 11 is 0. The molecule has 0 aliphatic rings. The van der Waals surface area contributed by atoms with Crippen LogP contribution in [0.5, 0.6) is 0 Å². The van der Waals surface area contributed by atoms with Crippen molar-refractivity contribution in [3.05, 3.63) is 358 Å². The van der Waals surface area contributed by atoms with Crippen LogP contribution in [-0.4, -0.2) is 54.8 Å². The number of aromatic nitrogens is 11. The molecule has 14 aromatic carbocycles. The van der Waals surface area contributed by atoms with Crippen LogP contribution in [0.1, 0.15) is 0 Å². The highest BCUT2D eigenvalue weighted by molar-refractivity contribution is 6.16. The van der Waals surface area contributed by atoms with Gasteiger partial charge in [-0.1, -0.05) is 261 Å². The van der Waals surface area contributed by atoms with E-state index in [2.05, 4.69) is 240 Å². The topological polar surface area (TPSA) is 168 Å². The number of rotatable bonds is 11. The summed E-state index contributed by atoms with van der Waals surface area (Å²) in [5, 5.41) is 13.2. The summed E-state index contributed by atoms with van der Waals surface area (Å²) < 4.78 is 13.3. The highest BCUT2D eigenvalue weighted by atomic mass is 16.3. The van der Waals surface area contributed by atoms with Crippen molar-refractivity contribution in [2.75, 3.05) is 0 Å². The van der Waals surface area contributed by atoms with Gasteiger partial charge in [-0.05, 0) is 132 Å². The fourth-order valence-electron chi connectivity index (χ4n) is 15.0. The fourth-order valence-corrected chi connectivity index (χ4v) is 15.0. The summed E-state index contributed by atoms with van der Waals surface area (Å²) in [6.45, 7) is 0. The quantitative estimate of drug-likeness (QED) is 0.120. The lowest BCUT2D eigenvalue weighted by molar-refractivity contribution is 0.668. The minimum Gasteiger partial charge on any atom is -0.452 e. The Morgan fingerprint density at radius 3 is 1.11 bits per heavy atom. The van der Waals surface area contributed by atoms with Gasteiger partial charge in [-0.15, -0.1) is 0 Å². The van der Waals surface area contributed by atoms with Crippen LogP contribution < -0.4 is 0 Å². The van der Waals surface area contributed by atoms with E-state index in [9.17, 15) is 0 Å². The molecule has 0 unspecified atom stereocenters. The third-order valence-corrected chi connectivity index (χ3v) is 20.7. The van der Waals surface area contributed by atoms with Crippen molar-refractivity contribution in [2.24, 2.45) is 0 Å². The molecule has 0 radical (unpaired) electrons. The van der Waals surface area contributed by atoms with Crippen molar-refractivity contribution in [1.29, 1.82) is 0 Å². The maximum absolute atomic E-state index is 6.73. The van der Waals surface area contributed by atoms with Crippen molar-refractivity contribution in [3.63, 3.8) is 0 Å². The molecule has 0 atom stereocenters. The molecule has 13 nitrogen and oxygen atoms in total. The molecular weight excluding hydrogens is 1380 g/mol. The van der Waals surface area contributed by atoms with E-state index in [4.69, 9.17) is 53.7 Å². The number of pyridine rings is 2. The van der Waals surface area contributed by atoms with E-state index in [1.165, 1.54) is 5.39 Å². The fraction of sp³-hybridized carbons (Fsp3) is 0. The summed E-state index contributed by atoms with van der Waals surface area (Å²) in [5.74, 6) is 3.61. The number of fused-ring (bicyclic) bond motifs is 12. The van der Waals surface area contributed by atoms with Gasteiger partial charge < -0.3 is 8.83 Å². The van der Waals surface area contributed by atoms with Crippen molar-refractivity contribution < 1.29 is 8.83 Å². The molecule has 22 aromatic rings. The molecule has 13 heteroatoms. The second-order valence-corrected chi connectivity index (χ2v) is 27.7. The third kappa shape index (κ3) is 12.1. The summed E-state index contributed by atoms with van der Waals surface area (Å²) in [7, 11) is 0. The van der Waals surface area contributed by atoms with Crippen molar-refractivity contribution in [1.82, 2.24) is 54.8 Å². The second kappa shape index (κ2) is 27.4. The Labute approximate surface area is 640 Å². The molecule has 0 fully saturated rings. The average Bonchev–Trinajstić information content (AvgIpc) is 1.58. The Kier molecular flexibility index (Phi) is 15.9. The molecule has 22 rings (SSSR count). The first kappa shape index (κ1) is 64.9. The van der Waals surface area contributed by atoms with Crippen LogP contribution in [0.25, 0.3) is 222 Å². The van der Waals surface area contributed by atoms with E-state index in [1.54, 1.807) is 12.4 Å². The molecule has 0 saturated carbocycles. The Morgan fingerprint density at radius 2 is 0.571 bits per heavy atom. The molecule has 0 aliphatic carbocycles. The van der Waals surface area contributed by atoms with Crippen molar-refractivity contribution in [3.8, 4) is 124 Å². The van der Waals surface area contributed by atoms with Crippen LogP contribution in [0.3, 0.4) is 0 Å². The predicted octanol–water partition coefficient (Wildman–Crippen LogP) is 24.6. The first-order valence-electron chi connectivity index (χ1n) is 37.0. The highest BCUT2D eigenvalue weighted by Crippen LogP contribution is 2.43. The monoisotopic (exact) mass is 1430 g/mol. The Morgan fingerprint density at radius 1 is 0.188 bits per heavy atom. The maximum atomic E-state index is 6.73. The largest absolute Gasteiger partial charge is 0.452 e. The van der Waals surface area contributed by atoms with Gasteiger partial charge in [0.2, 0.25) is 0 Å². The minimum absolute atomic E-state index is 0.582. The van der Waals surface area contributed by atoms with Crippen molar-refractivity contribution >= 4 is 98.0 Å². The van der Waals surface area contributed by atoms with Gasteiger partial charge in [-0.2, -0.15) is 0 Å². The smallest absolute Gasteiger partial charge is 0.180 e. The molecule has 8 aromatic heterocycles. The second-order valence-electron chi connectivity index (χ2n) is 27.7. The minimum atomic E-state index is 0.582. The van der Waals surface area contributed by atoms with Crippen molar-refractivity contribution in [2.45, 2.75) is 0 Å². The van der Waals surface area contributed by atoms with E-state index in [-0.39, 0.29) is 0 Å². The van der Waals surface area contributed by atoms with Gasteiger partial charge in [0.05, 0.1) is 11.4 Å². The van der Waals surface area contributed by atoms with Gasteiger partial charge in [0.1, 0.15) is 33.6 Å². The molecule has 0 N–H and O–H groups in total. The third-order valence-electron chi connectivity index (χ3n) is 20.7.